The van der Waals surface area contributed by atoms with Crippen LogP contribution in [0.15, 0.2) is 0 Å². The molecule has 0 aromatic heterocycles. The van der Waals surface area contributed by atoms with E-state index >= 15 is 0 Å². The number of rotatable bonds is 5. The molecule has 0 aromatic rings. The number of hydrogen-bond acceptors (Lipinski definition) is 7. The van der Waals surface area contributed by atoms with Gasteiger partial charge in [0, 0.05) is 0 Å². The molecule has 0 saturated carbocycles. The van der Waals surface area contributed by atoms with Crippen molar-refractivity contribution >= 4 is 76.6 Å². The van der Waals surface area contributed by atoms with Crippen molar-refractivity contribution in [2.75, 3.05) is 0 Å². The van der Waals surface area contributed by atoms with Crippen molar-refractivity contribution in [3.05, 3.63) is 0 Å². The number of carbonyl (C=O) groups is 3. The van der Waals surface area contributed by atoms with Crippen molar-refractivity contribution in [2.24, 2.45) is 0 Å². The van der Waals surface area contributed by atoms with Gasteiger partial charge in [0.2, 0.25) is 0 Å². The molecular weight excluding hydrogens is 282 g/mol. The fourth-order valence-corrected chi connectivity index (χ4v) is 0.714. The molecule has 0 spiro atoms. The molecular formula is C6H12BKO10. The van der Waals surface area contributed by atoms with Gasteiger partial charge in [0.05, 0.1) is 12.8 Å². The summed E-state index contributed by atoms with van der Waals surface area (Å²) in [6.45, 7) is 0. The third-order valence-electron chi connectivity index (χ3n) is 1.29. The number of carboxylic acids is 3. The van der Waals surface area contributed by atoms with Gasteiger partial charge in [-0.25, -0.2) is 4.79 Å². The zero-order chi connectivity index (χ0) is 14.2. The van der Waals surface area contributed by atoms with E-state index in [0.717, 1.165) is 0 Å². The molecule has 0 fully saturated rings. The average molecular weight is 294 g/mol. The molecule has 12 heteroatoms. The summed E-state index contributed by atoms with van der Waals surface area (Å²) >= 11 is 0. The van der Waals surface area contributed by atoms with Gasteiger partial charge in [-0.1, -0.05) is 0 Å². The van der Waals surface area contributed by atoms with Crippen LogP contribution in [0.1, 0.15) is 12.8 Å². The SMILES string of the molecule is O=C(O)CC(O)(CC(=O)O)C(=O)O.OB(O)O.[KH]. The summed E-state index contributed by atoms with van der Waals surface area (Å²) in [5.41, 5.74) is -2.74. The minimum atomic E-state index is -2.74. The normalized spacial score (nSPS) is 9.33. The first-order chi connectivity index (χ1) is 7.51. The van der Waals surface area contributed by atoms with Crippen molar-refractivity contribution in [2.45, 2.75) is 18.4 Å². The number of aliphatic hydroxyl groups is 1. The Morgan fingerprint density at radius 3 is 1.22 bits per heavy atom. The van der Waals surface area contributed by atoms with Gasteiger partial charge in [0.1, 0.15) is 0 Å². The summed E-state index contributed by atoms with van der Waals surface area (Å²) in [5, 5.41) is 55.3. The van der Waals surface area contributed by atoms with E-state index in [1.54, 1.807) is 0 Å². The van der Waals surface area contributed by atoms with Crippen LogP contribution in [-0.4, -0.2) is 118 Å². The fourth-order valence-electron chi connectivity index (χ4n) is 0.714. The molecule has 0 heterocycles. The quantitative estimate of drug-likeness (QED) is 0.246. The van der Waals surface area contributed by atoms with Crippen molar-refractivity contribution in [1.29, 1.82) is 0 Å². The van der Waals surface area contributed by atoms with Gasteiger partial charge < -0.3 is 35.5 Å². The summed E-state index contributed by atoms with van der Waals surface area (Å²) in [5.74, 6) is -5.02. The van der Waals surface area contributed by atoms with Crippen LogP contribution >= 0.6 is 0 Å². The second-order valence-corrected chi connectivity index (χ2v) is 2.82. The monoisotopic (exact) mass is 294 g/mol. The molecule has 18 heavy (non-hydrogen) atoms. The molecule has 0 aliphatic carbocycles. The predicted molar refractivity (Wildman–Crippen MR) is 56.7 cm³/mol. The van der Waals surface area contributed by atoms with Gasteiger partial charge in [-0.05, 0) is 0 Å². The van der Waals surface area contributed by atoms with Crippen molar-refractivity contribution in [3.8, 4) is 0 Å². The van der Waals surface area contributed by atoms with Gasteiger partial charge in [0.25, 0.3) is 0 Å². The first-order valence-electron chi connectivity index (χ1n) is 3.95. The van der Waals surface area contributed by atoms with Gasteiger partial charge in [0.15, 0.2) is 5.60 Å². The van der Waals surface area contributed by atoms with Crippen molar-refractivity contribution < 1.29 is 49.9 Å². The van der Waals surface area contributed by atoms with Crippen LogP contribution in [0.5, 0.6) is 0 Å². The van der Waals surface area contributed by atoms with E-state index < -0.39 is 43.7 Å². The third kappa shape index (κ3) is 14.0. The summed E-state index contributed by atoms with van der Waals surface area (Å²) in [6, 6.07) is 0. The van der Waals surface area contributed by atoms with E-state index in [4.69, 9.17) is 35.5 Å². The first-order valence-corrected chi connectivity index (χ1v) is 3.95. The Hall–Kier alpha value is -0.0487. The number of carboxylic acid groups (broad SMARTS) is 3. The minimum absolute atomic E-state index is 0. The molecule has 7 N–H and O–H groups in total. The summed E-state index contributed by atoms with van der Waals surface area (Å²) in [4.78, 5) is 30.5. The Kier molecular flexibility index (Phi) is 13.9. The predicted octanol–water partition coefficient (Wildman–Crippen LogP) is -3.95. The molecule has 0 saturated heterocycles. The molecule has 0 rings (SSSR count). The van der Waals surface area contributed by atoms with Crippen LogP contribution in [0, 0.1) is 0 Å². The van der Waals surface area contributed by atoms with E-state index in [1.165, 1.54) is 0 Å². The Morgan fingerprint density at radius 1 is 0.889 bits per heavy atom. The van der Waals surface area contributed by atoms with Crippen LogP contribution < -0.4 is 0 Å². The van der Waals surface area contributed by atoms with E-state index in [-0.39, 0.29) is 51.4 Å². The topological polar surface area (TPSA) is 193 Å². The van der Waals surface area contributed by atoms with Crippen LogP contribution in [0.3, 0.4) is 0 Å². The second kappa shape index (κ2) is 10.8. The van der Waals surface area contributed by atoms with Gasteiger partial charge in [-0.2, -0.15) is 0 Å². The van der Waals surface area contributed by atoms with Crippen LogP contribution in [-0.2, 0) is 14.4 Å². The molecule has 0 aliphatic rings. The first kappa shape index (κ1) is 23.1. The number of hydrogen-bond donors (Lipinski definition) is 7. The standard InChI is InChI=1S/C6H8O7.BH3O3.K.H/c7-3(8)1-6(13,5(11)12)2-4(9)10;2-1(3)4;;/h13H,1-2H2,(H,7,8)(H,9,10)(H,11,12);2-4H;;. The zero-order valence-electron chi connectivity index (χ0n) is 8.35. The van der Waals surface area contributed by atoms with Crippen LogP contribution in [0.25, 0.3) is 0 Å². The summed E-state index contributed by atoms with van der Waals surface area (Å²) < 4.78 is 0. The Labute approximate surface area is 143 Å². The second-order valence-electron chi connectivity index (χ2n) is 2.82. The molecule has 0 bridgehead atoms. The van der Waals surface area contributed by atoms with Crippen LogP contribution in [0.2, 0.25) is 0 Å². The maximum atomic E-state index is 10.3. The molecule has 0 radical (unpaired) electrons. The molecule has 100 valence electrons. The average Bonchev–Trinajstić information content (AvgIpc) is 1.98. The molecule has 10 nitrogen and oxygen atoms in total. The zero-order valence-corrected chi connectivity index (χ0v) is 8.35. The molecule has 0 aromatic carbocycles. The molecule has 0 atom stereocenters. The van der Waals surface area contributed by atoms with E-state index in [2.05, 4.69) is 0 Å². The Bertz CT molecular complexity index is 273. The maximum absolute atomic E-state index is 10.3. The Balaban J connectivity index is -0.000000392. The van der Waals surface area contributed by atoms with Crippen LogP contribution in [0.4, 0.5) is 0 Å². The molecule has 0 amide bonds. The van der Waals surface area contributed by atoms with Crippen molar-refractivity contribution in [3.63, 3.8) is 0 Å². The van der Waals surface area contributed by atoms with E-state index in [9.17, 15) is 14.4 Å². The Morgan fingerprint density at radius 2 is 1.11 bits per heavy atom. The van der Waals surface area contributed by atoms with E-state index in [1.807, 2.05) is 0 Å². The van der Waals surface area contributed by atoms with Gasteiger partial charge in [-0.3, -0.25) is 9.59 Å². The molecule has 0 aliphatic heterocycles. The summed E-state index contributed by atoms with van der Waals surface area (Å²) in [6.07, 6.45) is -2.29. The number of aliphatic carboxylic acids is 3. The molecule has 0 unspecified atom stereocenters. The van der Waals surface area contributed by atoms with Crippen molar-refractivity contribution in [1.82, 2.24) is 0 Å². The third-order valence-corrected chi connectivity index (χ3v) is 1.29. The fraction of sp³-hybridized carbons (Fsp3) is 0.500. The summed E-state index contributed by atoms with van der Waals surface area (Å²) in [7, 11) is -2.17. The van der Waals surface area contributed by atoms with E-state index in [0.29, 0.717) is 0 Å². The van der Waals surface area contributed by atoms with Gasteiger partial charge in [-0.15, -0.1) is 0 Å². The van der Waals surface area contributed by atoms with Gasteiger partial charge >= 0.3 is 76.6 Å².